The number of halogens is 1. The topological polar surface area (TPSA) is 29.3 Å². The molecule has 1 heterocycles. The lowest BCUT2D eigenvalue weighted by Crippen LogP contribution is -2.45. The van der Waals surface area contributed by atoms with Crippen LogP contribution in [0.3, 0.4) is 0 Å². The normalized spacial score (nSPS) is 20.8. The number of anilines is 1. The first-order valence-electron chi connectivity index (χ1n) is 4.97. The average molecular weight is 194 g/mol. The maximum atomic E-state index is 13.2. The molecule has 1 aromatic carbocycles. The van der Waals surface area contributed by atoms with Crippen molar-refractivity contribution in [2.75, 3.05) is 11.4 Å². The Kier molecular flexibility index (Phi) is 2.42. The van der Waals surface area contributed by atoms with E-state index < -0.39 is 0 Å². The molecule has 14 heavy (non-hydrogen) atoms. The van der Waals surface area contributed by atoms with E-state index in [1.165, 1.54) is 12.5 Å². The van der Waals surface area contributed by atoms with Gasteiger partial charge in [0, 0.05) is 30.4 Å². The van der Waals surface area contributed by atoms with Crippen LogP contribution in [0.5, 0.6) is 0 Å². The van der Waals surface area contributed by atoms with E-state index in [9.17, 15) is 4.39 Å². The highest BCUT2D eigenvalue weighted by Gasteiger charge is 2.23. The minimum absolute atomic E-state index is 0.204. The summed E-state index contributed by atoms with van der Waals surface area (Å²) in [7, 11) is 0. The molecule has 1 saturated heterocycles. The highest BCUT2D eigenvalue weighted by atomic mass is 19.1. The molecule has 0 aromatic heterocycles. The molecule has 1 aliphatic rings. The summed E-state index contributed by atoms with van der Waals surface area (Å²) in [5.41, 5.74) is 7.14. The second-order valence-corrected chi connectivity index (χ2v) is 3.81. The molecule has 0 amide bonds. The van der Waals surface area contributed by atoms with E-state index in [0.29, 0.717) is 11.6 Å². The molecule has 1 fully saturated rings. The highest BCUT2D eigenvalue weighted by molar-refractivity contribution is 5.51. The minimum Gasteiger partial charge on any atom is -0.369 e. The van der Waals surface area contributed by atoms with Crippen molar-refractivity contribution in [2.45, 2.75) is 25.9 Å². The fraction of sp³-hybridized carbons (Fsp3) is 0.455. The number of rotatable bonds is 2. The molecule has 2 N–H and O–H groups in total. The van der Waals surface area contributed by atoms with E-state index in [2.05, 4.69) is 11.8 Å². The number of hydrogen-bond donors (Lipinski definition) is 1. The Morgan fingerprint density at radius 2 is 2.36 bits per heavy atom. The van der Waals surface area contributed by atoms with Gasteiger partial charge in [-0.15, -0.1) is 0 Å². The first kappa shape index (κ1) is 9.46. The van der Waals surface area contributed by atoms with Crippen LogP contribution in [0.2, 0.25) is 0 Å². The number of hydrogen-bond acceptors (Lipinski definition) is 2. The Bertz CT molecular complexity index is 338. The van der Waals surface area contributed by atoms with Crippen LogP contribution in [0, 0.1) is 5.82 Å². The Balaban J connectivity index is 2.26. The van der Waals surface area contributed by atoms with Gasteiger partial charge in [-0.05, 0) is 31.5 Å². The summed E-state index contributed by atoms with van der Waals surface area (Å²) >= 11 is 0. The summed E-state index contributed by atoms with van der Waals surface area (Å²) in [4.78, 5) is 2.26. The van der Waals surface area contributed by atoms with Crippen molar-refractivity contribution >= 4 is 5.69 Å². The largest absolute Gasteiger partial charge is 0.369 e. The summed E-state index contributed by atoms with van der Waals surface area (Å²) in [6, 6.07) is 5.75. The lowest BCUT2D eigenvalue weighted by molar-refractivity contribution is 0.480. The van der Waals surface area contributed by atoms with E-state index in [-0.39, 0.29) is 12.4 Å². The van der Waals surface area contributed by atoms with Crippen LogP contribution in [0.1, 0.15) is 18.9 Å². The van der Waals surface area contributed by atoms with Crippen molar-refractivity contribution in [3.8, 4) is 0 Å². The monoisotopic (exact) mass is 194 g/mol. The maximum Gasteiger partial charge on any atom is 0.127 e. The third-order valence-corrected chi connectivity index (χ3v) is 2.90. The maximum absolute atomic E-state index is 13.2. The van der Waals surface area contributed by atoms with Gasteiger partial charge in [-0.3, -0.25) is 0 Å². The van der Waals surface area contributed by atoms with E-state index >= 15 is 0 Å². The summed E-state index contributed by atoms with van der Waals surface area (Å²) < 4.78 is 13.2. The molecule has 2 nitrogen and oxygen atoms in total. The highest BCUT2D eigenvalue weighted by Crippen LogP contribution is 2.27. The Hall–Kier alpha value is -1.09. The molecule has 0 radical (unpaired) electrons. The van der Waals surface area contributed by atoms with Crippen LogP contribution in [0.4, 0.5) is 10.1 Å². The second-order valence-electron chi connectivity index (χ2n) is 3.81. The van der Waals surface area contributed by atoms with E-state index in [1.54, 1.807) is 0 Å². The van der Waals surface area contributed by atoms with E-state index in [0.717, 1.165) is 12.2 Å². The van der Waals surface area contributed by atoms with Gasteiger partial charge < -0.3 is 10.6 Å². The van der Waals surface area contributed by atoms with Crippen molar-refractivity contribution in [3.05, 3.63) is 29.6 Å². The third-order valence-electron chi connectivity index (χ3n) is 2.90. The predicted molar refractivity (Wildman–Crippen MR) is 55.7 cm³/mol. The smallest absolute Gasteiger partial charge is 0.127 e. The van der Waals surface area contributed by atoms with E-state index in [4.69, 9.17) is 5.73 Å². The van der Waals surface area contributed by atoms with Crippen molar-refractivity contribution in [2.24, 2.45) is 5.73 Å². The fourth-order valence-electron chi connectivity index (χ4n) is 1.80. The fourth-order valence-corrected chi connectivity index (χ4v) is 1.80. The molecule has 76 valence electrons. The van der Waals surface area contributed by atoms with Gasteiger partial charge in [0.2, 0.25) is 0 Å². The molecule has 0 spiro atoms. The molecular formula is C11H15FN2. The molecule has 0 aliphatic carbocycles. The van der Waals surface area contributed by atoms with Crippen LogP contribution in [0.25, 0.3) is 0 Å². The van der Waals surface area contributed by atoms with Crippen molar-refractivity contribution in [3.63, 3.8) is 0 Å². The zero-order valence-electron chi connectivity index (χ0n) is 8.33. The lowest BCUT2D eigenvalue weighted by Gasteiger charge is -2.41. The predicted octanol–water partition coefficient (Wildman–Crippen LogP) is 1.88. The van der Waals surface area contributed by atoms with Crippen molar-refractivity contribution < 1.29 is 4.39 Å². The van der Waals surface area contributed by atoms with Crippen LogP contribution >= 0.6 is 0 Å². The minimum atomic E-state index is -0.204. The number of nitrogens with zero attached hydrogens (tertiary/aromatic N) is 1. The SMILES string of the molecule is CC1CCN1c1ccc(F)c(CN)c1. The molecular weight excluding hydrogens is 179 g/mol. The molecule has 1 atom stereocenters. The van der Waals surface area contributed by atoms with Crippen LogP contribution in [0.15, 0.2) is 18.2 Å². The van der Waals surface area contributed by atoms with Gasteiger partial charge in [-0.2, -0.15) is 0 Å². The molecule has 1 aliphatic heterocycles. The summed E-state index contributed by atoms with van der Waals surface area (Å²) in [6.07, 6.45) is 1.22. The standard InChI is InChI=1S/C11H15FN2/c1-8-4-5-14(8)10-2-3-11(12)9(6-10)7-13/h2-3,6,8H,4-5,7,13H2,1H3. The lowest BCUT2D eigenvalue weighted by atomic mass is 10.0. The van der Waals surface area contributed by atoms with Gasteiger partial charge >= 0.3 is 0 Å². The number of nitrogens with two attached hydrogens (primary N) is 1. The summed E-state index contributed by atoms with van der Waals surface area (Å²) in [5, 5.41) is 0. The van der Waals surface area contributed by atoms with Gasteiger partial charge in [0.05, 0.1) is 0 Å². The van der Waals surface area contributed by atoms with Crippen molar-refractivity contribution in [1.82, 2.24) is 0 Å². The van der Waals surface area contributed by atoms with E-state index in [1.807, 2.05) is 12.1 Å². The van der Waals surface area contributed by atoms with Crippen LogP contribution < -0.4 is 10.6 Å². The van der Waals surface area contributed by atoms with Gasteiger partial charge in [0.1, 0.15) is 5.82 Å². The summed E-state index contributed by atoms with van der Waals surface area (Å²) in [5.74, 6) is -0.204. The quantitative estimate of drug-likeness (QED) is 0.779. The third kappa shape index (κ3) is 1.48. The Morgan fingerprint density at radius 1 is 1.57 bits per heavy atom. The Labute approximate surface area is 83.5 Å². The molecule has 1 unspecified atom stereocenters. The van der Waals surface area contributed by atoms with Gasteiger partial charge in [0.25, 0.3) is 0 Å². The summed E-state index contributed by atoms with van der Waals surface area (Å²) in [6.45, 7) is 3.51. The molecule has 0 saturated carbocycles. The Morgan fingerprint density at radius 3 is 2.86 bits per heavy atom. The van der Waals surface area contributed by atoms with Gasteiger partial charge in [-0.1, -0.05) is 0 Å². The molecule has 2 rings (SSSR count). The van der Waals surface area contributed by atoms with Crippen LogP contribution in [-0.4, -0.2) is 12.6 Å². The molecule has 1 aromatic rings. The van der Waals surface area contributed by atoms with Gasteiger partial charge in [0.15, 0.2) is 0 Å². The zero-order chi connectivity index (χ0) is 10.1. The molecule has 3 heteroatoms. The second kappa shape index (κ2) is 3.58. The zero-order valence-corrected chi connectivity index (χ0v) is 8.33. The molecule has 0 bridgehead atoms. The van der Waals surface area contributed by atoms with Crippen molar-refractivity contribution in [1.29, 1.82) is 0 Å². The number of benzene rings is 1. The van der Waals surface area contributed by atoms with Crippen LogP contribution in [-0.2, 0) is 6.54 Å². The average Bonchev–Trinajstić information content (AvgIpc) is 2.18. The van der Waals surface area contributed by atoms with Gasteiger partial charge in [-0.25, -0.2) is 4.39 Å². The first-order chi connectivity index (χ1) is 6.72. The first-order valence-corrected chi connectivity index (χ1v) is 4.97.